The fourth-order valence-corrected chi connectivity index (χ4v) is 3.23. The van der Waals surface area contributed by atoms with Gasteiger partial charge in [0.1, 0.15) is 0 Å². The molecule has 0 aromatic rings. The van der Waals surface area contributed by atoms with E-state index in [2.05, 4.69) is 45.4 Å². The lowest BCUT2D eigenvalue weighted by atomic mass is 9.72. The highest BCUT2D eigenvalue weighted by Crippen LogP contribution is 2.52. The van der Waals surface area contributed by atoms with Gasteiger partial charge < -0.3 is 0 Å². The van der Waals surface area contributed by atoms with Crippen molar-refractivity contribution < 1.29 is 0 Å². The fraction of sp³-hybridized carbons (Fsp3) is 0.444. The van der Waals surface area contributed by atoms with E-state index >= 15 is 0 Å². The van der Waals surface area contributed by atoms with Gasteiger partial charge in [0, 0.05) is 11.0 Å². The van der Waals surface area contributed by atoms with Crippen molar-refractivity contribution in [2.24, 2.45) is 5.41 Å². The minimum atomic E-state index is 0.0106. The van der Waals surface area contributed by atoms with Gasteiger partial charge in [0.25, 0.3) is 0 Å². The highest BCUT2D eigenvalue weighted by atomic mass is 14.4. The van der Waals surface area contributed by atoms with Gasteiger partial charge in [-0.15, -0.1) is 6.42 Å². The molecule has 0 spiro atoms. The van der Waals surface area contributed by atoms with E-state index in [0.717, 1.165) is 24.8 Å². The monoisotopic (exact) mass is 240 g/mol. The zero-order valence-corrected chi connectivity index (χ0v) is 12.1. The number of hydrogen-bond donors (Lipinski definition) is 0. The second-order valence-corrected chi connectivity index (χ2v) is 4.67. The lowest BCUT2D eigenvalue weighted by Crippen LogP contribution is -2.21. The Morgan fingerprint density at radius 3 is 2.22 bits per heavy atom. The molecule has 0 radical (unpaired) electrons. The van der Waals surface area contributed by atoms with Crippen molar-refractivity contribution in [1.29, 1.82) is 0 Å². The molecule has 0 heterocycles. The maximum atomic E-state index is 5.81. The van der Waals surface area contributed by atoms with Crippen molar-refractivity contribution >= 4 is 0 Å². The van der Waals surface area contributed by atoms with E-state index < -0.39 is 0 Å². The van der Waals surface area contributed by atoms with Crippen LogP contribution in [0.1, 0.15) is 47.0 Å². The Kier molecular flexibility index (Phi) is 4.79. The Bertz CT molecular complexity index is 457. The van der Waals surface area contributed by atoms with Crippen LogP contribution in [0, 0.1) is 17.8 Å². The van der Waals surface area contributed by atoms with E-state index in [4.69, 9.17) is 6.42 Å². The van der Waals surface area contributed by atoms with Crippen molar-refractivity contribution in [3.8, 4) is 12.3 Å². The molecule has 0 aromatic heterocycles. The summed E-state index contributed by atoms with van der Waals surface area (Å²) in [5.41, 5.74) is 5.13. The van der Waals surface area contributed by atoms with Crippen LogP contribution in [0.15, 0.2) is 47.1 Å². The Balaban J connectivity index is 3.65. The van der Waals surface area contributed by atoms with Crippen LogP contribution < -0.4 is 0 Å². The van der Waals surface area contributed by atoms with Gasteiger partial charge in [-0.1, -0.05) is 51.5 Å². The summed E-state index contributed by atoms with van der Waals surface area (Å²) in [5.74, 6) is 2.96. The molecule has 0 atom stereocenters. The van der Waals surface area contributed by atoms with Crippen molar-refractivity contribution in [3.05, 3.63) is 47.1 Å². The van der Waals surface area contributed by atoms with Crippen LogP contribution in [0.3, 0.4) is 0 Å². The molecule has 0 amide bonds. The molecule has 0 saturated heterocycles. The summed E-state index contributed by atoms with van der Waals surface area (Å²) in [4.78, 5) is 0. The zero-order chi connectivity index (χ0) is 13.8. The minimum Gasteiger partial charge on any atom is -0.115 e. The molecule has 0 fully saturated rings. The summed E-state index contributed by atoms with van der Waals surface area (Å²) in [6.07, 6.45) is 15.1. The van der Waals surface area contributed by atoms with Crippen molar-refractivity contribution in [2.75, 3.05) is 0 Å². The quantitative estimate of drug-likeness (QED) is 0.579. The summed E-state index contributed by atoms with van der Waals surface area (Å²) in [5, 5.41) is 0. The highest BCUT2D eigenvalue weighted by molar-refractivity contribution is 5.65. The summed E-state index contributed by atoms with van der Waals surface area (Å²) in [7, 11) is 0. The van der Waals surface area contributed by atoms with Crippen LogP contribution in [0.5, 0.6) is 0 Å². The smallest absolute Gasteiger partial charge is 0.0285 e. The average molecular weight is 240 g/mol. The van der Waals surface area contributed by atoms with Crippen LogP contribution in [0.2, 0.25) is 0 Å². The molecule has 1 aliphatic rings. The standard InChI is InChI=1S/C18H24/c1-7-13-15-14(8-2)16(9-3)18(11-5,12-6)17(15)10-4/h4,7,9,13H,3,8,11-12H2,1-2,5-6H3/b13-7-. The van der Waals surface area contributed by atoms with Crippen molar-refractivity contribution in [1.82, 2.24) is 0 Å². The van der Waals surface area contributed by atoms with Gasteiger partial charge >= 0.3 is 0 Å². The van der Waals surface area contributed by atoms with E-state index in [1.54, 1.807) is 0 Å². The van der Waals surface area contributed by atoms with E-state index in [1.807, 2.05) is 13.0 Å². The molecule has 0 nitrogen and oxygen atoms in total. The first kappa shape index (κ1) is 14.6. The number of terminal acetylenes is 1. The van der Waals surface area contributed by atoms with E-state index in [0.29, 0.717) is 0 Å². The highest BCUT2D eigenvalue weighted by Gasteiger charge is 2.41. The maximum Gasteiger partial charge on any atom is 0.0285 e. The molecule has 0 saturated carbocycles. The molecule has 96 valence electrons. The summed E-state index contributed by atoms with van der Waals surface area (Å²) >= 11 is 0. The first-order valence-electron chi connectivity index (χ1n) is 6.87. The summed E-state index contributed by atoms with van der Waals surface area (Å²) in [6.45, 7) is 12.7. The summed E-state index contributed by atoms with van der Waals surface area (Å²) in [6, 6.07) is 0. The number of hydrogen-bond acceptors (Lipinski definition) is 0. The molecule has 0 aromatic carbocycles. The van der Waals surface area contributed by atoms with Gasteiger partial charge in [0.15, 0.2) is 0 Å². The fourth-order valence-electron chi connectivity index (χ4n) is 3.23. The lowest BCUT2D eigenvalue weighted by molar-refractivity contribution is 0.424. The van der Waals surface area contributed by atoms with Crippen LogP contribution in [-0.4, -0.2) is 0 Å². The third-order valence-electron chi connectivity index (χ3n) is 4.16. The van der Waals surface area contributed by atoms with Gasteiger partial charge in [-0.05, 0) is 42.9 Å². The number of rotatable bonds is 5. The molecule has 18 heavy (non-hydrogen) atoms. The van der Waals surface area contributed by atoms with Gasteiger partial charge in [-0.3, -0.25) is 0 Å². The largest absolute Gasteiger partial charge is 0.115 e. The van der Waals surface area contributed by atoms with Crippen molar-refractivity contribution in [3.63, 3.8) is 0 Å². The second-order valence-electron chi connectivity index (χ2n) is 4.67. The van der Waals surface area contributed by atoms with Gasteiger partial charge in [-0.2, -0.15) is 0 Å². The summed E-state index contributed by atoms with van der Waals surface area (Å²) < 4.78 is 0. The molecular formula is C18H24. The van der Waals surface area contributed by atoms with E-state index in [1.165, 1.54) is 16.7 Å². The molecule has 0 aliphatic heterocycles. The average Bonchev–Trinajstić information content (AvgIpc) is 2.67. The van der Waals surface area contributed by atoms with Crippen molar-refractivity contribution in [2.45, 2.75) is 47.0 Å². The third-order valence-corrected chi connectivity index (χ3v) is 4.16. The van der Waals surface area contributed by atoms with E-state index in [-0.39, 0.29) is 5.41 Å². The molecule has 1 aliphatic carbocycles. The van der Waals surface area contributed by atoms with Crippen LogP contribution in [0.4, 0.5) is 0 Å². The molecule has 0 bridgehead atoms. The molecule has 1 rings (SSSR count). The Morgan fingerprint density at radius 1 is 1.28 bits per heavy atom. The molecular weight excluding hydrogens is 216 g/mol. The Labute approximate surface area is 112 Å². The van der Waals surface area contributed by atoms with Crippen LogP contribution in [-0.2, 0) is 0 Å². The van der Waals surface area contributed by atoms with Gasteiger partial charge in [-0.25, -0.2) is 0 Å². The predicted octanol–water partition coefficient (Wildman–Crippen LogP) is 5.20. The first-order valence-corrected chi connectivity index (χ1v) is 6.87. The SMILES string of the molecule is C#CC1=C(/C=C\C)C(CC)=C(C=C)C1(CC)CC. The van der Waals surface area contributed by atoms with Crippen LogP contribution >= 0.6 is 0 Å². The molecule has 0 heteroatoms. The maximum absolute atomic E-state index is 5.81. The predicted molar refractivity (Wildman–Crippen MR) is 81.2 cm³/mol. The Hall–Kier alpha value is -1.48. The topological polar surface area (TPSA) is 0 Å². The lowest BCUT2D eigenvalue weighted by Gasteiger charge is -2.30. The van der Waals surface area contributed by atoms with Gasteiger partial charge in [0.2, 0.25) is 0 Å². The third kappa shape index (κ3) is 1.89. The minimum absolute atomic E-state index is 0.0106. The molecule has 0 unspecified atom stereocenters. The first-order chi connectivity index (χ1) is 8.66. The molecule has 0 N–H and O–H groups in total. The second kappa shape index (κ2) is 5.91. The van der Waals surface area contributed by atoms with Gasteiger partial charge in [0.05, 0.1) is 0 Å². The van der Waals surface area contributed by atoms with E-state index in [9.17, 15) is 0 Å². The normalized spacial score (nSPS) is 18.6. The van der Waals surface area contributed by atoms with Crippen LogP contribution in [0.25, 0.3) is 0 Å². The number of allylic oxidation sites excluding steroid dienone is 7. The zero-order valence-electron chi connectivity index (χ0n) is 12.1. The Morgan fingerprint density at radius 2 is 1.89 bits per heavy atom.